The van der Waals surface area contributed by atoms with Gasteiger partial charge in [0.05, 0.1) is 28.4 Å². The molecule has 0 radical (unpaired) electrons. The second-order valence-corrected chi connectivity index (χ2v) is 9.13. The number of fused-ring (bicyclic) bond motifs is 2. The third kappa shape index (κ3) is 3.70. The van der Waals surface area contributed by atoms with Gasteiger partial charge in [-0.1, -0.05) is 0 Å². The zero-order valence-electron chi connectivity index (χ0n) is 19.5. The summed E-state index contributed by atoms with van der Waals surface area (Å²) in [6.45, 7) is 3.23. The SMILES string of the molecule is c1cc(-c2cncc3[nH]c(-c4n[nH]c5ccc(-c6cncc(CN7CCCC7)c6)nc45)nc23)ccn1. The standard InChI is InChI=1S/C27H23N9/c1-2-10-36(9-1)16-17-11-19(13-29-12-17)21-3-4-22-25(31-21)26(35-34-22)27-32-23-15-30-14-20(24(23)33-27)18-5-7-28-8-6-18/h3-8,11-15H,1-2,9-10,16H2,(H,32,33)(H,34,35). The van der Waals surface area contributed by atoms with E-state index in [9.17, 15) is 0 Å². The number of aromatic amines is 2. The van der Waals surface area contributed by atoms with Crippen LogP contribution in [-0.2, 0) is 6.54 Å². The van der Waals surface area contributed by atoms with E-state index in [1.807, 2.05) is 42.9 Å². The third-order valence-corrected chi connectivity index (χ3v) is 6.71. The first-order valence-corrected chi connectivity index (χ1v) is 12.1. The predicted molar refractivity (Wildman–Crippen MR) is 138 cm³/mol. The average molecular weight is 474 g/mol. The number of imidazole rings is 1. The molecule has 1 aliphatic rings. The van der Waals surface area contributed by atoms with Crippen LogP contribution in [0.5, 0.6) is 0 Å². The molecule has 0 atom stereocenters. The molecular weight excluding hydrogens is 450 g/mol. The molecule has 6 aromatic rings. The van der Waals surface area contributed by atoms with Gasteiger partial charge in [-0.3, -0.25) is 25.0 Å². The van der Waals surface area contributed by atoms with Crippen LogP contribution in [0.4, 0.5) is 0 Å². The second kappa shape index (κ2) is 8.62. The van der Waals surface area contributed by atoms with Gasteiger partial charge >= 0.3 is 0 Å². The number of likely N-dealkylation sites (tertiary alicyclic amines) is 1. The van der Waals surface area contributed by atoms with Gasteiger partial charge in [-0.05, 0) is 67.4 Å². The van der Waals surface area contributed by atoms with Crippen molar-refractivity contribution in [2.75, 3.05) is 13.1 Å². The molecule has 9 nitrogen and oxygen atoms in total. The van der Waals surface area contributed by atoms with Gasteiger partial charge in [-0.25, -0.2) is 9.97 Å². The van der Waals surface area contributed by atoms with Crippen LogP contribution in [0.15, 0.2) is 67.5 Å². The quantitative estimate of drug-likeness (QED) is 0.376. The molecule has 0 unspecified atom stereocenters. The lowest BCUT2D eigenvalue weighted by molar-refractivity contribution is 0.331. The fourth-order valence-corrected chi connectivity index (χ4v) is 4.93. The Morgan fingerprint density at radius 2 is 1.64 bits per heavy atom. The van der Waals surface area contributed by atoms with Gasteiger partial charge in [0.1, 0.15) is 5.52 Å². The van der Waals surface area contributed by atoms with E-state index >= 15 is 0 Å². The molecule has 0 aromatic carbocycles. The monoisotopic (exact) mass is 473 g/mol. The van der Waals surface area contributed by atoms with Crippen molar-refractivity contribution in [1.29, 1.82) is 0 Å². The van der Waals surface area contributed by atoms with Crippen molar-refractivity contribution in [2.24, 2.45) is 0 Å². The molecule has 0 amide bonds. The van der Waals surface area contributed by atoms with Gasteiger partial charge < -0.3 is 4.98 Å². The third-order valence-electron chi connectivity index (χ3n) is 6.71. The number of pyridine rings is 4. The largest absolute Gasteiger partial charge is 0.335 e. The minimum absolute atomic E-state index is 0.644. The summed E-state index contributed by atoms with van der Waals surface area (Å²) in [5, 5.41) is 7.65. The molecule has 0 saturated carbocycles. The molecule has 1 aliphatic heterocycles. The Morgan fingerprint density at radius 1 is 0.778 bits per heavy atom. The molecule has 2 N–H and O–H groups in total. The van der Waals surface area contributed by atoms with E-state index in [1.165, 1.54) is 18.4 Å². The lowest BCUT2D eigenvalue weighted by Crippen LogP contribution is -2.18. The molecule has 0 aliphatic carbocycles. The number of aromatic nitrogens is 8. The highest BCUT2D eigenvalue weighted by molar-refractivity contribution is 5.95. The van der Waals surface area contributed by atoms with Crippen molar-refractivity contribution < 1.29 is 0 Å². The Bertz CT molecular complexity index is 1680. The zero-order valence-corrected chi connectivity index (χ0v) is 19.5. The summed E-state index contributed by atoms with van der Waals surface area (Å²) in [6.07, 6.45) is 13.5. The Morgan fingerprint density at radius 3 is 2.53 bits per heavy atom. The van der Waals surface area contributed by atoms with E-state index in [0.717, 1.165) is 64.1 Å². The summed E-state index contributed by atoms with van der Waals surface area (Å²) in [5.41, 5.74) is 8.95. The number of nitrogens with zero attached hydrogens (tertiary/aromatic N) is 7. The molecule has 0 bridgehead atoms. The topological polar surface area (TPSA) is 112 Å². The number of nitrogens with one attached hydrogen (secondary N) is 2. The minimum Gasteiger partial charge on any atom is -0.335 e. The van der Waals surface area contributed by atoms with E-state index in [1.54, 1.807) is 18.6 Å². The maximum absolute atomic E-state index is 4.97. The number of hydrogen-bond donors (Lipinski definition) is 2. The first-order chi connectivity index (χ1) is 17.8. The van der Waals surface area contributed by atoms with E-state index in [-0.39, 0.29) is 0 Å². The summed E-state index contributed by atoms with van der Waals surface area (Å²) in [5.74, 6) is 0.644. The number of hydrogen-bond acceptors (Lipinski definition) is 7. The summed E-state index contributed by atoms with van der Waals surface area (Å²) in [7, 11) is 0. The molecular formula is C27H23N9. The van der Waals surface area contributed by atoms with Crippen molar-refractivity contribution >= 4 is 22.1 Å². The van der Waals surface area contributed by atoms with Gasteiger partial charge in [0.15, 0.2) is 11.5 Å². The van der Waals surface area contributed by atoms with E-state index < -0.39 is 0 Å². The molecule has 7 heterocycles. The van der Waals surface area contributed by atoms with Crippen LogP contribution in [0.2, 0.25) is 0 Å². The lowest BCUT2D eigenvalue weighted by atomic mass is 10.1. The van der Waals surface area contributed by atoms with Crippen LogP contribution in [0, 0.1) is 0 Å². The van der Waals surface area contributed by atoms with E-state index in [2.05, 4.69) is 41.1 Å². The van der Waals surface area contributed by atoms with Crippen molar-refractivity contribution in [1.82, 2.24) is 45.0 Å². The van der Waals surface area contributed by atoms with Crippen molar-refractivity contribution in [2.45, 2.75) is 19.4 Å². The van der Waals surface area contributed by atoms with Gasteiger partial charge in [0, 0.05) is 48.7 Å². The van der Waals surface area contributed by atoms with Crippen LogP contribution in [0.1, 0.15) is 18.4 Å². The maximum Gasteiger partial charge on any atom is 0.161 e. The Labute approximate surface area is 206 Å². The molecule has 9 heteroatoms. The van der Waals surface area contributed by atoms with Crippen molar-refractivity contribution in [3.63, 3.8) is 0 Å². The van der Waals surface area contributed by atoms with Crippen LogP contribution < -0.4 is 0 Å². The fourth-order valence-electron chi connectivity index (χ4n) is 4.93. The van der Waals surface area contributed by atoms with E-state index in [4.69, 9.17) is 9.97 Å². The highest BCUT2D eigenvalue weighted by Crippen LogP contribution is 2.31. The highest BCUT2D eigenvalue weighted by atomic mass is 15.2. The summed E-state index contributed by atoms with van der Waals surface area (Å²) < 4.78 is 0. The molecule has 1 fully saturated rings. The van der Waals surface area contributed by atoms with Gasteiger partial charge in [0.2, 0.25) is 0 Å². The van der Waals surface area contributed by atoms with E-state index in [0.29, 0.717) is 11.5 Å². The maximum atomic E-state index is 4.97. The Kier molecular flexibility index (Phi) is 4.99. The summed E-state index contributed by atoms with van der Waals surface area (Å²) in [6, 6.07) is 10.1. The normalized spacial score (nSPS) is 14.2. The average Bonchev–Trinajstić information content (AvgIpc) is 3.68. The summed E-state index contributed by atoms with van der Waals surface area (Å²) in [4.78, 5) is 28.7. The highest BCUT2D eigenvalue weighted by Gasteiger charge is 2.18. The first-order valence-electron chi connectivity index (χ1n) is 12.1. The second-order valence-electron chi connectivity index (χ2n) is 9.13. The molecule has 0 spiro atoms. The van der Waals surface area contributed by atoms with Crippen LogP contribution in [0.3, 0.4) is 0 Å². The van der Waals surface area contributed by atoms with Crippen molar-refractivity contribution in [3.05, 3.63) is 73.1 Å². The molecule has 1 saturated heterocycles. The lowest BCUT2D eigenvalue weighted by Gasteiger charge is -2.14. The fraction of sp³-hybridized carbons (Fsp3) is 0.185. The van der Waals surface area contributed by atoms with Crippen LogP contribution >= 0.6 is 0 Å². The van der Waals surface area contributed by atoms with Crippen molar-refractivity contribution in [3.8, 4) is 33.9 Å². The molecule has 7 rings (SSSR count). The number of H-pyrrole nitrogens is 2. The predicted octanol–water partition coefficient (Wildman–Crippen LogP) is 4.62. The Hall–Kier alpha value is -4.50. The number of rotatable bonds is 5. The zero-order chi connectivity index (χ0) is 23.9. The molecule has 6 aromatic heterocycles. The van der Waals surface area contributed by atoms with Crippen LogP contribution in [-0.4, -0.2) is 58.1 Å². The van der Waals surface area contributed by atoms with Gasteiger partial charge in [-0.2, -0.15) is 5.10 Å². The van der Waals surface area contributed by atoms with Gasteiger partial charge in [0.25, 0.3) is 0 Å². The molecule has 176 valence electrons. The summed E-state index contributed by atoms with van der Waals surface area (Å²) >= 11 is 0. The Balaban J connectivity index is 1.28. The van der Waals surface area contributed by atoms with Crippen LogP contribution in [0.25, 0.3) is 56.0 Å². The smallest absolute Gasteiger partial charge is 0.161 e. The molecule has 36 heavy (non-hydrogen) atoms. The first kappa shape index (κ1) is 20.8. The van der Waals surface area contributed by atoms with Gasteiger partial charge in [-0.15, -0.1) is 0 Å². The minimum atomic E-state index is 0.644.